The molecule has 0 aromatic heterocycles. The highest BCUT2D eigenvalue weighted by Crippen LogP contribution is 2.39. The summed E-state index contributed by atoms with van der Waals surface area (Å²) in [7, 11) is 3.28. The number of piperidine rings is 1. The molecule has 1 N–H and O–H groups in total. The second-order valence-electron chi connectivity index (χ2n) is 6.51. The molecule has 26 heavy (non-hydrogen) atoms. The molecule has 2 aromatic carbocycles. The molecule has 1 aliphatic rings. The van der Waals surface area contributed by atoms with E-state index in [0.717, 1.165) is 42.0 Å². The van der Waals surface area contributed by atoms with Crippen molar-refractivity contribution in [3.05, 3.63) is 59.7 Å². The third-order valence-electron chi connectivity index (χ3n) is 5.00. The fourth-order valence-corrected chi connectivity index (χ4v) is 3.78. The van der Waals surface area contributed by atoms with E-state index in [9.17, 15) is 9.90 Å². The van der Waals surface area contributed by atoms with Gasteiger partial charge < -0.3 is 14.6 Å². The van der Waals surface area contributed by atoms with Gasteiger partial charge in [0, 0.05) is 5.56 Å². The van der Waals surface area contributed by atoms with Gasteiger partial charge in [-0.3, -0.25) is 9.69 Å². The van der Waals surface area contributed by atoms with Crippen LogP contribution < -0.4 is 9.47 Å². The predicted octanol–water partition coefficient (Wildman–Crippen LogP) is 3.73. The lowest BCUT2D eigenvalue weighted by Gasteiger charge is -2.40. The van der Waals surface area contributed by atoms with E-state index in [1.807, 2.05) is 48.5 Å². The topological polar surface area (TPSA) is 59.0 Å². The van der Waals surface area contributed by atoms with Gasteiger partial charge in [0.2, 0.25) is 0 Å². The van der Waals surface area contributed by atoms with E-state index in [0.29, 0.717) is 6.42 Å². The number of carboxylic acid groups (broad SMARTS) is 1. The number of nitrogens with zero attached hydrogens (tertiary/aromatic N) is 1. The van der Waals surface area contributed by atoms with Gasteiger partial charge in [0.1, 0.15) is 17.5 Å². The number of benzene rings is 2. The van der Waals surface area contributed by atoms with Gasteiger partial charge in [-0.15, -0.1) is 0 Å². The van der Waals surface area contributed by atoms with Crippen LogP contribution in [0.3, 0.4) is 0 Å². The molecule has 0 saturated carbocycles. The number of carbonyl (C=O) groups is 1. The zero-order valence-electron chi connectivity index (χ0n) is 15.2. The minimum atomic E-state index is -0.771. The Morgan fingerprint density at radius 1 is 1.12 bits per heavy atom. The Balaban J connectivity index is 2.13. The SMILES string of the molecule is COc1cccc(C(c2ccccc2OC)N2CCCCC2C(=O)O)c1. The molecule has 5 heteroatoms. The molecule has 0 bridgehead atoms. The van der Waals surface area contributed by atoms with Crippen molar-refractivity contribution in [3.8, 4) is 11.5 Å². The van der Waals surface area contributed by atoms with Gasteiger partial charge in [0.15, 0.2) is 0 Å². The van der Waals surface area contributed by atoms with E-state index in [2.05, 4.69) is 4.90 Å². The van der Waals surface area contributed by atoms with Crippen molar-refractivity contribution in [1.82, 2.24) is 4.90 Å². The Labute approximate surface area is 154 Å². The maximum Gasteiger partial charge on any atom is 0.320 e. The van der Waals surface area contributed by atoms with Crippen LogP contribution in [0.5, 0.6) is 11.5 Å². The van der Waals surface area contributed by atoms with Crippen LogP contribution >= 0.6 is 0 Å². The zero-order chi connectivity index (χ0) is 18.5. The maximum absolute atomic E-state index is 11.9. The first-order chi connectivity index (χ1) is 12.7. The van der Waals surface area contributed by atoms with Crippen molar-refractivity contribution in [1.29, 1.82) is 0 Å². The van der Waals surface area contributed by atoms with Crippen LogP contribution in [0, 0.1) is 0 Å². The van der Waals surface area contributed by atoms with E-state index in [1.165, 1.54) is 0 Å². The second kappa shape index (κ2) is 8.23. The molecule has 138 valence electrons. The van der Waals surface area contributed by atoms with Crippen LogP contribution in [0.2, 0.25) is 0 Å². The van der Waals surface area contributed by atoms with Crippen LogP contribution in [0.4, 0.5) is 0 Å². The Bertz CT molecular complexity index is 761. The lowest BCUT2D eigenvalue weighted by molar-refractivity contribution is -0.145. The van der Waals surface area contributed by atoms with Gasteiger partial charge in [-0.2, -0.15) is 0 Å². The van der Waals surface area contributed by atoms with Crippen molar-refractivity contribution in [2.24, 2.45) is 0 Å². The highest BCUT2D eigenvalue weighted by Gasteiger charge is 2.36. The molecule has 1 fully saturated rings. The molecule has 2 atom stereocenters. The number of methoxy groups -OCH3 is 2. The molecule has 1 heterocycles. The Hall–Kier alpha value is -2.53. The number of hydrogen-bond donors (Lipinski definition) is 1. The molecule has 0 amide bonds. The van der Waals surface area contributed by atoms with Crippen LogP contribution in [-0.2, 0) is 4.79 Å². The Kier molecular flexibility index (Phi) is 5.78. The number of rotatable bonds is 6. The number of hydrogen-bond acceptors (Lipinski definition) is 4. The zero-order valence-corrected chi connectivity index (χ0v) is 15.2. The summed E-state index contributed by atoms with van der Waals surface area (Å²) in [4.78, 5) is 14.0. The highest BCUT2D eigenvalue weighted by molar-refractivity contribution is 5.73. The highest BCUT2D eigenvalue weighted by atomic mass is 16.5. The fourth-order valence-electron chi connectivity index (χ4n) is 3.78. The number of para-hydroxylation sites is 1. The normalized spacial score (nSPS) is 18.9. The van der Waals surface area contributed by atoms with E-state index in [-0.39, 0.29) is 6.04 Å². The molecule has 0 spiro atoms. The first kappa shape index (κ1) is 18.3. The van der Waals surface area contributed by atoms with E-state index >= 15 is 0 Å². The standard InChI is InChI=1S/C21H25NO4/c1-25-16-9-7-8-15(14-16)20(17-10-3-4-12-19(17)26-2)22-13-6-5-11-18(22)21(23)24/h3-4,7-10,12,14,18,20H,5-6,11,13H2,1-2H3,(H,23,24). The lowest BCUT2D eigenvalue weighted by Crippen LogP contribution is -2.46. The third kappa shape index (κ3) is 3.68. The van der Waals surface area contributed by atoms with Gasteiger partial charge >= 0.3 is 5.97 Å². The summed E-state index contributed by atoms with van der Waals surface area (Å²) in [5.74, 6) is 0.744. The average molecular weight is 355 g/mol. The average Bonchev–Trinajstić information content (AvgIpc) is 2.69. The number of likely N-dealkylation sites (tertiary alicyclic amines) is 1. The summed E-state index contributed by atoms with van der Waals surface area (Å²) in [5.41, 5.74) is 1.97. The summed E-state index contributed by atoms with van der Waals surface area (Å²) in [6.45, 7) is 0.733. The smallest absolute Gasteiger partial charge is 0.320 e. The summed E-state index contributed by atoms with van der Waals surface area (Å²) in [6, 6.07) is 14.9. The molecule has 1 aliphatic heterocycles. The largest absolute Gasteiger partial charge is 0.497 e. The lowest BCUT2D eigenvalue weighted by atomic mass is 9.91. The monoisotopic (exact) mass is 355 g/mol. The van der Waals surface area contributed by atoms with Crippen LogP contribution in [0.1, 0.15) is 36.4 Å². The fraction of sp³-hybridized carbons (Fsp3) is 0.381. The number of aliphatic carboxylic acids is 1. The van der Waals surface area contributed by atoms with Gasteiger partial charge in [-0.25, -0.2) is 0 Å². The molecular formula is C21H25NO4. The van der Waals surface area contributed by atoms with Crippen molar-refractivity contribution in [2.45, 2.75) is 31.3 Å². The third-order valence-corrected chi connectivity index (χ3v) is 5.00. The van der Waals surface area contributed by atoms with Gasteiger partial charge in [-0.05, 0) is 43.1 Å². The van der Waals surface area contributed by atoms with E-state index in [4.69, 9.17) is 9.47 Å². The minimum absolute atomic E-state index is 0.206. The number of ether oxygens (including phenoxy) is 2. The van der Waals surface area contributed by atoms with Crippen molar-refractivity contribution >= 4 is 5.97 Å². The van der Waals surface area contributed by atoms with Crippen molar-refractivity contribution in [3.63, 3.8) is 0 Å². The molecule has 5 nitrogen and oxygen atoms in total. The van der Waals surface area contributed by atoms with Gasteiger partial charge in [0.05, 0.1) is 20.3 Å². The van der Waals surface area contributed by atoms with Crippen molar-refractivity contribution in [2.75, 3.05) is 20.8 Å². The molecule has 2 unspecified atom stereocenters. The van der Waals surface area contributed by atoms with Gasteiger partial charge in [-0.1, -0.05) is 36.8 Å². The molecule has 0 radical (unpaired) electrons. The second-order valence-corrected chi connectivity index (χ2v) is 6.51. The first-order valence-corrected chi connectivity index (χ1v) is 8.91. The predicted molar refractivity (Wildman–Crippen MR) is 99.8 cm³/mol. The van der Waals surface area contributed by atoms with Crippen LogP contribution in [-0.4, -0.2) is 42.8 Å². The van der Waals surface area contributed by atoms with E-state index in [1.54, 1.807) is 14.2 Å². The van der Waals surface area contributed by atoms with Crippen molar-refractivity contribution < 1.29 is 19.4 Å². The maximum atomic E-state index is 11.9. The Morgan fingerprint density at radius 3 is 2.65 bits per heavy atom. The quantitative estimate of drug-likeness (QED) is 0.855. The number of carboxylic acids is 1. The van der Waals surface area contributed by atoms with Crippen LogP contribution in [0.25, 0.3) is 0 Å². The molecule has 0 aliphatic carbocycles. The summed E-state index contributed by atoms with van der Waals surface area (Å²) < 4.78 is 11.0. The molecular weight excluding hydrogens is 330 g/mol. The van der Waals surface area contributed by atoms with Crippen LogP contribution in [0.15, 0.2) is 48.5 Å². The van der Waals surface area contributed by atoms with E-state index < -0.39 is 12.0 Å². The molecule has 3 rings (SSSR count). The first-order valence-electron chi connectivity index (χ1n) is 8.91. The summed E-state index contributed by atoms with van der Waals surface area (Å²) >= 11 is 0. The minimum Gasteiger partial charge on any atom is -0.497 e. The molecule has 2 aromatic rings. The van der Waals surface area contributed by atoms with Gasteiger partial charge in [0.25, 0.3) is 0 Å². The Morgan fingerprint density at radius 2 is 1.92 bits per heavy atom. The summed E-state index contributed by atoms with van der Waals surface area (Å²) in [5, 5.41) is 9.78. The molecule has 1 saturated heterocycles. The summed E-state index contributed by atoms with van der Waals surface area (Å²) in [6.07, 6.45) is 2.58.